The zero-order chi connectivity index (χ0) is 12.5. The monoisotopic (exact) mass is 240 g/mol. The summed E-state index contributed by atoms with van der Waals surface area (Å²) >= 11 is 0. The van der Waals surface area contributed by atoms with Crippen molar-refractivity contribution in [3.63, 3.8) is 0 Å². The van der Waals surface area contributed by atoms with Gasteiger partial charge in [0.25, 0.3) is 0 Å². The zero-order valence-electron chi connectivity index (χ0n) is 11.2. The number of fused-ring (bicyclic) bond motifs is 1. The van der Waals surface area contributed by atoms with E-state index >= 15 is 0 Å². The van der Waals surface area contributed by atoms with E-state index in [1.165, 1.54) is 35.8 Å². The van der Waals surface area contributed by atoms with Crippen molar-refractivity contribution in [2.45, 2.75) is 39.2 Å². The lowest BCUT2D eigenvalue weighted by Crippen LogP contribution is -2.27. The molecule has 18 heavy (non-hydrogen) atoms. The van der Waals surface area contributed by atoms with Crippen molar-refractivity contribution in [1.29, 1.82) is 0 Å². The molecule has 0 spiro atoms. The molecule has 2 nitrogen and oxygen atoms in total. The van der Waals surface area contributed by atoms with Gasteiger partial charge < -0.3 is 5.32 Å². The van der Waals surface area contributed by atoms with Crippen LogP contribution in [-0.2, 0) is 0 Å². The van der Waals surface area contributed by atoms with E-state index in [2.05, 4.69) is 48.4 Å². The minimum absolute atomic E-state index is 0.504. The number of piperidine rings is 1. The molecule has 2 heteroatoms. The van der Waals surface area contributed by atoms with Gasteiger partial charge in [0, 0.05) is 17.1 Å². The highest BCUT2D eigenvalue weighted by Crippen LogP contribution is 2.29. The third-order valence-electron chi connectivity index (χ3n) is 3.81. The van der Waals surface area contributed by atoms with Crippen LogP contribution in [0, 0.1) is 13.8 Å². The molecule has 1 aromatic carbocycles. The molecule has 2 aromatic rings. The summed E-state index contributed by atoms with van der Waals surface area (Å²) in [7, 11) is 0. The molecule has 0 amide bonds. The van der Waals surface area contributed by atoms with Gasteiger partial charge in [0.05, 0.1) is 5.52 Å². The van der Waals surface area contributed by atoms with Crippen LogP contribution in [0.1, 0.15) is 42.1 Å². The van der Waals surface area contributed by atoms with Gasteiger partial charge in [-0.1, -0.05) is 18.1 Å². The fraction of sp³-hybridized carbons (Fsp3) is 0.438. The van der Waals surface area contributed by atoms with Gasteiger partial charge in [-0.3, -0.25) is 4.98 Å². The molecule has 1 unspecified atom stereocenters. The number of pyridine rings is 1. The first-order valence-corrected chi connectivity index (χ1v) is 6.85. The van der Waals surface area contributed by atoms with Gasteiger partial charge in [-0.15, -0.1) is 0 Å². The van der Waals surface area contributed by atoms with Gasteiger partial charge in [0.15, 0.2) is 0 Å². The second-order valence-corrected chi connectivity index (χ2v) is 5.38. The first-order valence-electron chi connectivity index (χ1n) is 6.85. The van der Waals surface area contributed by atoms with Crippen LogP contribution in [0.2, 0.25) is 0 Å². The third-order valence-corrected chi connectivity index (χ3v) is 3.81. The molecule has 1 N–H and O–H groups in total. The Morgan fingerprint density at radius 3 is 2.83 bits per heavy atom. The van der Waals surface area contributed by atoms with Crippen LogP contribution in [0.25, 0.3) is 10.9 Å². The van der Waals surface area contributed by atoms with E-state index in [1.54, 1.807) is 0 Å². The molecule has 0 aliphatic carbocycles. The van der Waals surface area contributed by atoms with Crippen molar-refractivity contribution in [2.75, 3.05) is 6.54 Å². The van der Waals surface area contributed by atoms with E-state index in [1.807, 2.05) is 0 Å². The normalized spacial score (nSPS) is 20.2. The molecule has 2 heterocycles. The number of nitrogens with one attached hydrogen (secondary N) is 1. The molecule has 94 valence electrons. The highest BCUT2D eigenvalue weighted by molar-refractivity contribution is 5.83. The summed E-state index contributed by atoms with van der Waals surface area (Å²) in [5.41, 5.74) is 4.99. The molecule has 0 radical (unpaired) electrons. The topological polar surface area (TPSA) is 24.9 Å². The van der Waals surface area contributed by atoms with Crippen LogP contribution >= 0.6 is 0 Å². The number of hydrogen-bond acceptors (Lipinski definition) is 2. The van der Waals surface area contributed by atoms with Gasteiger partial charge in [0.1, 0.15) is 0 Å². The van der Waals surface area contributed by atoms with Crippen molar-refractivity contribution >= 4 is 10.9 Å². The van der Waals surface area contributed by atoms with Crippen LogP contribution in [-0.4, -0.2) is 11.5 Å². The third kappa shape index (κ3) is 2.13. The summed E-state index contributed by atoms with van der Waals surface area (Å²) in [6.07, 6.45) is 3.87. The van der Waals surface area contributed by atoms with Crippen LogP contribution in [0.15, 0.2) is 24.3 Å². The average molecular weight is 240 g/mol. The number of aromatic nitrogens is 1. The summed E-state index contributed by atoms with van der Waals surface area (Å²) in [6, 6.07) is 9.32. The highest BCUT2D eigenvalue weighted by Gasteiger charge is 2.17. The number of benzene rings is 1. The van der Waals surface area contributed by atoms with E-state index in [9.17, 15) is 0 Å². The van der Waals surface area contributed by atoms with Crippen LogP contribution in [0.3, 0.4) is 0 Å². The lowest BCUT2D eigenvalue weighted by atomic mass is 9.93. The molecular formula is C16H20N2. The molecule has 1 aliphatic heterocycles. The van der Waals surface area contributed by atoms with Crippen LogP contribution in [0.4, 0.5) is 0 Å². The Hall–Kier alpha value is -1.41. The van der Waals surface area contributed by atoms with E-state index in [4.69, 9.17) is 0 Å². The predicted molar refractivity (Wildman–Crippen MR) is 75.8 cm³/mol. The molecule has 1 fully saturated rings. The summed E-state index contributed by atoms with van der Waals surface area (Å²) in [5, 5.41) is 4.97. The van der Waals surface area contributed by atoms with Crippen molar-refractivity contribution < 1.29 is 0 Å². The van der Waals surface area contributed by atoms with Crippen molar-refractivity contribution in [1.82, 2.24) is 10.3 Å². The number of rotatable bonds is 1. The fourth-order valence-electron chi connectivity index (χ4n) is 2.91. The van der Waals surface area contributed by atoms with E-state index in [-0.39, 0.29) is 0 Å². The van der Waals surface area contributed by atoms with Crippen LogP contribution < -0.4 is 5.32 Å². The second kappa shape index (κ2) is 4.69. The van der Waals surface area contributed by atoms with Crippen molar-refractivity contribution in [3.05, 3.63) is 41.1 Å². The maximum Gasteiger partial charge on any atom is 0.0708 e. The second-order valence-electron chi connectivity index (χ2n) is 5.38. The van der Waals surface area contributed by atoms with Gasteiger partial charge in [-0.25, -0.2) is 0 Å². The Labute approximate surface area is 108 Å². The Morgan fingerprint density at radius 1 is 1.17 bits per heavy atom. The fourth-order valence-corrected chi connectivity index (χ4v) is 2.91. The molecule has 0 bridgehead atoms. The lowest BCUT2D eigenvalue weighted by Gasteiger charge is -2.25. The quantitative estimate of drug-likeness (QED) is 0.822. The van der Waals surface area contributed by atoms with Gasteiger partial charge in [0.2, 0.25) is 0 Å². The average Bonchev–Trinajstić information content (AvgIpc) is 2.39. The molecule has 1 aromatic heterocycles. The predicted octanol–water partition coefficient (Wildman–Crippen LogP) is 3.67. The van der Waals surface area contributed by atoms with Gasteiger partial charge in [-0.05, 0) is 57.0 Å². The molecular weight excluding hydrogens is 220 g/mol. The summed E-state index contributed by atoms with van der Waals surface area (Å²) in [4.78, 5) is 4.64. The summed E-state index contributed by atoms with van der Waals surface area (Å²) in [5.74, 6) is 0. The van der Waals surface area contributed by atoms with Crippen LogP contribution in [0.5, 0.6) is 0 Å². The minimum atomic E-state index is 0.504. The highest BCUT2D eigenvalue weighted by atomic mass is 14.9. The maximum absolute atomic E-state index is 4.64. The Morgan fingerprint density at radius 2 is 2.06 bits per heavy atom. The Bertz CT molecular complexity index is 569. The Balaban J connectivity index is 2.16. The molecule has 3 rings (SSSR count). The van der Waals surface area contributed by atoms with Gasteiger partial charge in [-0.2, -0.15) is 0 Å². The standard InChI is InChI=1S/C16H20N2/c1-11-6-7-16-13(9-11)14(10-12(2)18-16)15-5-3-4-8-17-15/h6-7,9-10,15,17H,3-5,8H2,1-2H3. The maximum atomic E-state index is 4.64. The first kappa shape index (κ1) is 11.7. The van der Waals surface area contributed by atoms with E-state index < -0.39 is 0 Å². The van der Waals surface area contributed by atoms with E-state index in [0.29, 0.717) is 6.04 Å². The SMILES string of the molecule is Cc1ccc2nc(C)cc(C3CCCCN3)c2c1. The summed E-state index contributed by atoms with van der Waals surface area (Å²) in [6.45, 7) is 5.38. The minimum Gasteiger partial charge on any atom is -0.310 e. The van der Waals surface area contributed by atoms with Crippen molar-refractivity contribution in [3.8, 4) is 0 Å². The molecule has 0 saturated carbocycles. The Kier molecular flexibility index (Phi) is 3.04. The smallest absolute Gasteiger partial charge is 0.0708 e. The number of aryl methyl sites for hydroxylation is 2. The van der Waals surface area contributed by atoms with Crippen molar-refractivity contribution in [2.24, 2.45) is 0 Å². The van der Waals surface area contributed by atoms with E-state index in [0.717, 1.165) is 17.8 Å². The van der Waals surface area contributed by atoms with Gasteiger partial charge >= 0.3 is 0 Å². The lowest BCUT2D eigenvalue weighted by molar-refractivity contribution is 0.414. The molecule has 1 saturated heterocycles. The zero-order valence-corrected chi connectivity index (χ0v) is 11.2. The molecule has 1 aliphatic rings. The number of nitrogens with zero attached hydrogens (tertiary/aromatic N) is 1. The first-order chi connectivity index (χ1) is 8.74. The summed E-state index contributed by atoms with van der Waals surface area (Å²) < 4.78 is 0. The number of hydrogen-bond donors (Lipinski definition) is 1. The molecule has 1 atom stereocenters. The largest absolute Gasteiger partial charge is 0.310 e.